The molecular formula is C19H19ClN4O3. The second kappa shape index (κ2) is 8.28. The van der Waals surface area contributed by atoms with Gasteiger partial charge in [-0.05, 0) is 35.9 Å². The van der Waals surface area contributed by atoms with Gasteiger partial charge in [-0.1, -0.05) is 18.2 Å². The van der Waals surface area contributed by atoms with Gasteiger partial charge in [0.25, 0.3) is 5.91 Å². The highest BCUT2D eigenvalue weighted by Gasteiger charge is 2.25. The van der Waals surface area contributed by atoms with Crippen LogP contribution in [0.25, 0.3) is 11.3 Å². The van der Waals surface area contributed by atoms with Crippen molar-refractivity contribution < 1.29 is 14.3 Å². The summed E-state index contributed by atoms with van der Waals surface area (Å²) in [7, 11) is 1.54. The first kappa shape index (κ1) is 19.0. The number of rotatable bonds is 4. The van der Waals surface area contributed by atoms with Crippen LogP contribution in [0, 0.1) is 0 Å². The van der Waals surface area contributed by atoms with Crippen LogP contribution in [0.4, 0.5) is 0 Å². The summed E-state index contributed by atoms with van der Waals surface area (Å²) < 4.78 is 5.82. The van der Waals surface area contributed by atoms with Gasteiger partial charge >= 0.3 is 0 Å². The predicted octanol–water partition coefficient (Wildman–Crippen LogP) is 2.24. The van der Waals surface area contributed by atoms with E-state index < -0.39 is 0 Å². The predicted molar refractivity (Wildman–Crippen MR) is 101 cm³/mol. The fourth-order valence-electron chi connectivity index (χ4n) is 2.87. The van der Waals surface area contributed by atoms with Gasteiger partial charge in [0.2, 0.25) is 5.91 Å². The van der Waals surface area contributed by atoms with Gasteiger partial charge in [-0.25, -0.2) is 4.98 Å². The molecule has 1 atom stereocenters. The van der Waals surface area contributed by atoms with Crippen molar-refractivity contribution in [3.05, 3.63) is 59.5 Å². The molecule has 0 radical (unpaired) electrons. The number of morpholine rings is 1. The molecule has 2 amide bonds. The number of amides is 2. The molecule has 1 aliphatic heterocycles. The number of carbonyl (C=O) groups excluding carboxylic acids is 2. The van der Waals surface area contributed by atoms with Crippen LogP contribution in [0.3, 0.4) is 0 Å². The van der Waals surface area contributed by atoms with E-state index in [1.54, 1.807) is 36.3 Å². The molecule has 2 aromatic heterocycles. The van der Waals surface area contributed by atoms with Gasteiger partial charge in [0.1, 0.15) is 17.0 Å². The summed E-state index contributed by atoms with van der Waals surface area (Å²) in [5, 5.41) is 2.84. The molecule has 0 aliphatic carbocycles. The third-order valence-electron chi connectivity index (χ3n) is 4.26. The number of nitrogens with one attached hydrogen (secondary N) is 1. The Hall–Kier alpha value is -2.77. The van der Waals surface area contributed by atoms with E-state index in [4.69, 9.17) is 16.3 Å². The number of aromatic nitrogens is 2. The number of nitrogens with zero attached hydrogens (tertiary/aromatic N) is 3. The van der Waals surface area contributed by atoms with Gasteiger partial charge in [-0.15, -0.1) is 0 Å². The minimum Gasteiger partial charge on any atom is -0.370 e. The van der Waals surface area contributed by atoms with Gasteiger partial charge < -0.3 is 15.0 Å². The molecule has 8 heteroatoms. The zero-order valence-corrected chi connectivity index (χ0v) is 15.6. The largest absolute Gasteiger partial charge is 0.370 e. The van der Waals surface area contributed by atoms with Crippen LogP contribution in [-0.4, -0.2) is 53.4 Å². The molecule has 1 N–H and O–H groups in total. The monoisotopic (exact) mass is 386 g/mol. The molecule has 3 heterocycles. The van der Waals surface area contributed by atoms with Crippen molar-refractivity contribution in [2.45, 2.75) is 6.10 Å². The molecular weight excluding hydrogens is 368 g/mol. The summed E-state index contributed by atoms with van der Waals surface area (Å²) in [4.78, 5) is 33.8. The van der Waals surface area contributed by atoms with Crippen LogP contribution in [0.15, 0.2) is 43.1 Å². The molecule has 1 aliphatic rings. The number of halogens is 1. The maximum Gasteiger partial charge on any atom is 0.269 e. The van der Waals surface area contributed by atoms with Crippen LogP contribution in [-0.2, 0) is 9.53 Å². The molecule has 7 nitrogen and oxygen atoms in total. The van der Waals surface area contributed by atoms with Crippen molar-refractivity contribution in [1.82, 2.24) is 20.2 Å². The van der Waals surface area contributed by atoms with Crippen molar-refractivity contribution in [1.29, 1.82) is 0 Å². The Morgan fingerprint density at radius 2 is 2.22 bits per heavy atom. The topological polar surface area (TPSA) is 84.4 Å². The molecule has 1 saturated heterocycles. The van der Waals surface area contributed by atoms with Gasteiger partial charge in [0.15, 0.2) is 0 Å². The van der Waals surface area contributed by atoms with Gasteiger partial charge in [0.05, 0.1) is 18.8 Å². The van der Waals surface area contributed by atoms with Gasteiger partial charge in [0, 0.05) is 25.4 Å². The second-order valence-electron chi connectivity index (χ2n) is 5.97. The Kier molecular flexibility index (Phi) is 5.83. The van der Waals surface area contributed by atoms with Crippen LogP contribution >= 0.6 is 11.6 Å². The molecule has 0 aromatic carbocycles. The van der Waals surface area contributed by atoms with E-state index in [-0.39, 0.29) is 23.6 Å². The van der Waals surface area contributed by atoms with Crippen LogP contribution in [0.1, 0.15) is 22.2 Å². The fraction of sp³-hybridized carbons (Fsp3) is 0.263. The molecule has 1 fully saturated rings. The first-order chi connectivity index (χ1) is 13.0. The summed E-state index contributed by atoms with van der Waals surface area (Å²) in [6, 6.07) is 6.97. The number of hydrogen-bond acceptors (Lipinski definition) is 5. The molecule has 27 heavy (non-hydrogen) atoms. The average Bonchev–Trinajstić information content (AvgIpc) is 2.72. The van der Waals surface area contributed by atoms with Crippen molar-refractivity contribution in [3.8, 4) is 11.3 Å². The van der Waals surface area contributed by atoms with E-state index in [1.807, 2.05) is 6.07 Å². The number of carbonyl (C=O) groups is 2. The van der Waals surface area contributed by atoms with Crippen LogP contribution < -0.4 is 5.32 Å². The summed E-state index contributed by atoms with van der Waals surface area (Å²) in [5.41, 5.74) is 2.41. The molecule has 0 bridgehead atoms. The standard InChI is InChI=1S/C19H19ClN4O3/c1-3-18(25)24-6-7-27-16(11-24)13-9-14(23-17(20)10-13)12-4-5-22-15(8-12)19(26)21-2/h3-5,8-10,16H,1,6-7,11H2,2H3,(H,21,26). The number of hydrogen-bond donors (Lipinski definition) is 1. The minimum absolute atomic E-state index is 0.131. The van der Waals surface area contributed by atoms with Crippen molar-refractivity contribution in [2.75, 3.05) is 26.7 Å². The Balaban J connectivity index is 1.92. The Bertz CT molecular complexity index is 887. The van der Waals surface area contributed by atoms with E-state index in [0.717, 1.165) is 5.56 Å². The molecule has 2 aromatic rings. The highest BCUT2D eigenvalue weighted by molar-refractivity contribution is 6.29. The molecule has 3 rings (SSSR count). The maximum atomic E-state index is 11.9. The molecule has 0 saturated carbocycles. The van der Waals surface area contributed by atoms with Crippen LogP contribution in [0.2, 0.25) is 5.15 Å². The van der Waals surface area contributed by atoms with Crippen LogP contribution in [0.5, 0.6) is 0 Å². The van der Waals surface area contributed by atoms with Gasteiger partial charge in [-0.2, -0.15) is 0 Å². The highest BCUT2D eigenvalue weighted by Crippen LogP contribution is 2.28. The zero-order valence-electron chi connectivity index (χ0n) is 14.8. The first-order valence-corrected chi connectivity index (χ1v) is 8.78. The normalized spacial score (nSPS) is 16.7. The number of ether oxygens (including phenoxy) is 1. The minimum atomic E-state index is -0.317. The highest BCUT2D eigenvalue weighted by atomic mass is 35.5. The lowest BCUT2D eigenvalue weighted by Gasteiger charge is -2.32. The Morgan fingerprint density at radius 3 is 2.96 bits per heavy atom. The third kappa shape index (κ3) is 4.32. The van der Waals surface area contributed by atoms with E-state index in [0.29, 0.717) is 36.1 Å². The second-order valence-corrected chi connectivity index (χ2v) is 6.35. The zero-order chi connectivity index (χ0) is 19.4. The molecule has 140 valence electrons. The van der Waals surface area contributed by atoms with E-state index >= 15 is 0 Å². The third-order valence-corrected chi connectivity index (χ3v) is 4.45. The van der Waals surface area contributed by atoms with Crippen molar-refractivity contribution in [3.63, 3.8) is 0 Å². The Labute approximate surface area is 162 Å². The summed E-state index contributed by atoms with van der Waals surface area (Å²) in [5.74, 6) is -0.415. The summed E-state index contributed by atoms with van der Waals surface area (Å²) >= 11 is 6.22. The summed E-state index contributed by atoms with van der Waals surface area (Å²) in [6.45, 7) is 4.88. The quantitative estimate of drug-likeness (QED) is 0.643. The maximum absolute atomic E-state index is 11.9. The fourth-order valence-corrected chi connectivity index (χ4v) is 3.09. The summed E-state index contributed by atoms with van der Waals surface area (Å²) in [6.07, 6.45) is 2.52. The SMILES string of the molecule is C=CC(=O)N1CCOC(c2cc(Cl)nc(-c3ccnc(C(=O)NC)c3)c2)C1. The van der Waals surface area contributed by atoms with E-state index in [1.165, 1.54) is 6.08 Å². The number of pyridine rings is 2. The molecule has 0 spiro atoms. The lowest BCUT2D eigenvalue weighted by Crippen LogP contribution is -2.41. The molecule has 1 unspecified atom stereocenters. The smallest absolute Gasteiger partial charge is 0.269 e. The van der Waals surface area contributed by atoms with E-state index in [2.05, 4.69) is 21.9 Å². The van der Waals surface area contributed by atoms with Gasteiger partial charge in [-0.3, -0.25) is 14.6 Å². The van der Waals surface area contributed by atoms with Crippen molar-refractivity contribution >= 4 is 23.4 Å². The van der Waals surface area contributed by atoms with Crippen molar-refractivity contribution in [2.24, 2.45) is 0 Å². The van der Waals surface area contributed by atoms with E-state index in [9.17, 15) is 9.59 Å². The lowest BCUT2D eigenvalue weighted by atomic mass is 10.0. The average molecular weight is 387 g/mol. The Morgan fingerprint density at radius 1 is 1.41 bits per heavy atom. The lowest BCUT2D eigenvalue weighted by molar-refractivity contribution is -0.133. The first-order valence-electron chi connectivity index (χ1n) is 8.40.